The molecule has 138 valence electrons. The van der Waals surface area contributed by atoms with E-state index in [0.29, 0.717) is 10.9 Å². The van der Waals surface area contributed by atoms with Gasteiger partial charge >= 0.3 is 0 Å². The van der Waals surface area contributed by atoms with Crippen molar-refractivity contribution in [2.75, 3.05) is 26.2 Å². The molecule has 5 nitrogen and oxygen atoms in total. The highest BCUT2D eigenvalue weighted by Gasteiger charge is 2.41. The molecule has 3 rings (SSSR count). The summed E-state index contributed by atoms with van der Waals surface area (Å²) < 4.78 is 53.8. The minimum absolute atomic E-state index is 0.0271. The Kier molecular flexibility index (Phi) is 5.18. The molecule has 2 heterocycles. The van der Waals surface area contributed by atoms with Crippen LogP contribution in [0.1, 0.15) is 19.3 Å². The van der Waals surface area contributed by atoms with Crippen molar-refractivity contribution in [3.05, 3.63) is 28.7 Å². The Morgan fingerprint density at radius 3 is 2.44 bits per heavy atom. The third-order valence-electron chi connectivity index (χ3n) is 4.76. The number of nitrogens with zero attached hydrogens (tertiary/aromatic N) is 2. The van der Waals surface area contributed by atoms with Crippen molar-refractivity contribution in [2.24, 2.45) is 5.92 Å². The van der Waals surface area contributed by atoms with Gasteiger partial charge < -0.3 is 4.90 Å². The van der Waals surface area contributed by atoms with Crippen molar-refractivity contribution in [1.29, 1.82) is 0 Å². The van der Waals surface area contributed by atoms with Gasteiger partial charge in [0.25, 0.3) is 5.92 Å². The van der Waals surface area contributed by atoms with Crippen LogP contribution in [0, 0.1) is 5.92 Å². The molecule has 0 aliphatic carbocycles. The maximum Gasteiger partial charge on any atom is 0.251 e. The van der Waals surface area contributed by atoms with Crippen LogP contribution in [0.25, 0.3) is 0 Å². The Balaban J connectivity index is 1.68. The van der Waals surface area contributed by atoms with E-state index < -0.39 is 21.9 Å². The Labute approximate surface area is 154 Å². The largest absolute Gasteiger partial charge is 0.342 e. The smallest absolute Gasteiger partial charge is 0.251 e. The van der Waals surface area contributed by atoms with Gasteiger partial charge in [-0.1, -0.05) is 12.1 Å². The average molecular weight is 437 g/mol. The first-order valence-electron chi connectivity index (χ1n) is 8.12. The van der Waals surface area contributed by atoms with Gasteiger partial charge in [0, 0.05) is 43.5 Å². The molecule has 1 aromatic carbocycles. The van der Waals surface area contributed by atoms with Gasteiger partial charge in [-0.15, -0.1) is 0 Å². The van der Waals surface area contributed by atoms with Gasteiger partial charge in [0.1, 0.15) is 0 Å². The van der Waals surface area contributed by atoms with E-state index in [1.54, 1.807) is 18.2 Å². The van der Waals surface area contributed by atoms with Gasteiger partial charge in [-0.2, -0.15) is 4.31 Å². The molecule has 1 atom stereocenters. The first-order valence-corrected chi connectivity index (χ1v) is 10.4. The molecule has 0 N–H and O–H groups in total. The fourth-order valence-electron chi connectivity index (χ4n) is 3.25. The number of sulfonamides is 1. The summed E-state index contributed by atoms with van der Waals surface area (Å²) in [5.41, 5.74) is 0. The summed E-state index contributed by atoms with van der Waals surface area (Å²) in [7, 11) is -3.69. The van der Waals surface area contributed by atoms with E-state index in [1.165, 1.54) is 15.3 Å². The van der Waals surface area contributed by atoms with Crippen LogP contribution in [-0.4, -0.2) is 55.6 Å². The molecule has 1 amide bonds. The number of amides is 1. The van der Waals surface area contributed by atoms with Crippen molar-refractivity contribution in [1.82, 2.24) is 9.21 Å². The lowest BCUT2D eigenvalue weighted by molar-refractivity contribution is -0.141. The Bertz CT molecular complexity index is 762. The predicted octanol–water partition coefficient (Wildman–Crippen LogP) is 2.72. The molecular weight excluding hydrogens is 418 g/mol. The number of carbonyl (C=O) groups is 1. The van der Waals surface area contributed by atoms with Crippen LogP contribution < -0.4 is 0 Å². The normalized spacial score (nSPS) is 24.4. The molecule has 9 heteroatoms. The number of hydrogen-bond donors (Lipinski definition) is 0. The molecule has 0 aromatic heterocycles. The topological polar surface area (TPSA) is 57.7 Å². The van der Waals surface area contributed by atoms with E-state index in [2.05, 4.69) is 15.9 Å². The summed E-state index contributed by atoms with van der Waals surface area (Å²) in [6, 6.07) is 6.54. The number of rotatable bonds is 3. The van der Waals surface area contributed by atoms with Crippen molar-refractivity contribution < 1.29 is 22.0 Å². The van der Waals surface area contributed by atoms with Crippen LogP contribution in [0.2, 0.25) is 0 Å². The van der Waals surface area contributed by atoms with Crippen molar-refractivity contribution >= 4 is 31.9 Å². The first-order chi connectivity index (χ1) is 11.7. The number of halogens is 3. The minimum atomic E-state index is -3.69. The number of likely N-dealkylation sites (tertiary alicyclic amines) is 1. The molecular formula is C16H19BrF2N2O3S. The van der Waals surface area contributed by atoms with E-state index >= 15 is 0 Å². The fourth-order valence-corrected chi connectivity index (χ4v) is 5.72. The van der Waals surface area contributed by atoms with Crippen LogP contribution in [-0.2, 0) is 14.8 Å². The quantitative estimate of drug-likeness (QED) is 0.731. The fraction of sp³-hybridized carbons (Fsp3) is 0.562. The third-order valence-corrected chi connectivity index (χ3v) is 7.64. The van der Waals surface area contributed by atoms with Gasteiger partial charge in [-0.25, -0.2) is 17.2 Å². The summed E-state index contributed by atoms with van der Waals surface area (Å²) in [4.78, 5) is 14.1. The monoisotopic (exact) mass is 436 g/mol. The maximum atomic E-state index is 13.2. The summed E-state index contributed by atoms with van der Waals surface area (Å²) in [6.45, 7) is 0.401. The Morgan fingerprint density at radius 2 is 1.80 bits per heavy atom. The molecule has 2 aliphatic heterocycles. The maximum absolute atomic E-state index is 13.2. The third kappa shape index (κ3) is 3.88. The molecule has 0 radical (unpaired) electrons. The van der Waals surface area contributed by atoms with Crippen LogP contribution in [0.5, 0.6) is 0 Å². The Hall–Kier alpha value is -1.06. The second-order valence-corrected chi connectivity index (χ2v) is 9.22. The lowest BCUT2D eigenvalue weighted by Crippen LogP contribution is -2.45. The van der Waals surface area contributed by atoms with E-state index in [-0.39, 0.29) is 49.8 Å². The standard InChI is InChI=1S/C16H19BrF2N2O3S/c17-13-3-1-2-4-14(13)25(23,24)21-8-5-12(11-21)15(22)20-9-6-16(18,19)7-10-20/h1-4,12H,5-11H2. The molecule has 1 aromatic rings. The molecule has 2 saturated heterocycles. The van der Waals surface area contributed by atoms with E-state index in [1.807, 2.05) is 0 Å². The van der Waals surface area contributed by atoms with Gasteiger partial charge in [0.15, 0.2) is 0 Å². The number of alkyl halides is 2. The van der Waals surface area contributed by atoms with Crippen LogP contribution in [0.3, 0.4) is 0 Å². The number of carbonyl (C=O) groups excluding carboxylic acids is 1. The molecule has 1 unspecified atom stereocenters. The summed E-state index contributed by atoms with van der Waals surface area (Å²) in [5, 5.41) is 0. The van der Waals surface area contributed by atoms with Gasteiger partial charge in [0.05, 0.1) is 10.8 Å². The second kappa shape index (κ2) is 6.92. The highest BCUT2D eigenvalue weighted by atomic mass is 79.9. The second-order valence-electron chi connectivity index (χ2n) is 6.46. The average Bonchev–Trinajstić information content (AvgIpc) is 3.05. The highest BCUT2D eigenvalue weighted by molar-refractivity contribution is 9.10. The number of piperidine rings is 1. The van der Waals surface area contributed by atoms with Gasteiger partial charge in [-0.05, 0) is 34.5 Å². The number of benzene rings is 1. The van der Waals surface area contributed by atoms with Crippen LogP contribution >= 0.6 is 15.9 Å². The predicted molar refractivity (Wildman–Crippen MR) is 91.8 cm³/mol. The SMILES string of the molecule is O=C(C1CCN(S(=O)(=O)c2ccccc2Br)C1)N1CCC(F)(F)CC1. The first kappa shape index (κ1) is 18.7. The molecule has 2 aliphatic rings. The van der Waals surface area contributed by atoms with Crippen LogP contribution in [0.15, 0.2) is 33.6 Å². The van der Waals surface area contributed by atoms with Crippen molar-refractivity contribution in [3.8, 4) is 0 Å². The molecule has 2 fully saturated rings. The van der Waals surface area contributed by atoms with Gasteiger partial charge in [0.2, 0.25) is 15.9 Å². The van der Waals surface area contributed by atoms with Crippen molar-refractivity contribution in [3.63, 3.8) is 0 Å². The highest BCUT2D eigenvalue weighted by Crippen LogP contribution is 2.32. The zero-order chi connectivity index (χ0) is 18.2. The van der Waals surface area contributed by atoms with Gasteiger partial charge in [-0.3, -0.25) is 4.79 Å². The van der Waals surface area contributed by atoms with E-state index in [9.17, 15) is 22.0 Å². The Morgan fingerprint density at radius 1 is 1.16 bits per heavy atom. The minimum Gasteiger partial charge on any atom is -0.342 e. The van der Waals surface area contributed by atoms with Crippen molar-refractivity contribution in [2.45, 2.75) is 30.1 Å². The summed E-state index contributed by atoms with van der Waals surface area (Å²) in [5.74, 6) is -3.40. The summed E-state index contributed by atoms with van der Waals surface area (Å²) >= 11 is 3.24. The molecule has 25 heavy (non-hydrogen) atoms. The van der Waals surface area contributed by atoms with Crippen LogP contribution in [0.4, 0.5) is 8.78 Å². The van der Waals surface area contributed by atoms with E-state index in [0.717, 1.165) is 0 Å². The number of hydrogen-bond acceptors (Lipinski definition) is 3. The van der Waals surface area contributed by atoms with E-state index in [4.69, 9.17) is 0 Å². The summed E-state index contributed by atoms with van der Waals surface area (Å²) in [6.07, 6.45) is -0.246. The lowest BCUT2D eigenvalue weighted by Gasteiger charge is -2.33. The molecule has 0 bridgehead atoms. The lowest BCUT2D eigenvalue weighted by atomic mass is 10.0. The zero-order valence-electron chi connectivity index (χ0n) is 13.5. The zero-order valence-corrected chi connectivity index (χ0v) is 15.9. The molecule has 0 saturated carbocycles. The molecule has 0 spiro atoms.